The van der Waals surface area contributed by atoms with Crippen molar-refractivity contribution in [2.75, 3.05) is 13.6 Å². The molecule has 1 amide bonds. The lowest BCUT2D eigenvalue weighted by Gasteiger charge is -2.17. The van der Waals surface area contributed by atoms with Gasteiger partial charge in [-0.3, -0.25) is 4.79 Å². The SMILES string of the molecule is Cc1nccn1-c1ccc(CNC(=O)CCCN(C)S(=O)(=O)c2ccc(F)cc2)cc1F. The zero-order chi connectivity index (χ0) is 23.3. The second-order valence-corrected chi connectivity index (χ2v) is 9.34. The summed E-state index contributed by atoms with van der Waals surface area (Å²) in [7, 11) is -2.35. The van der Waals surface area contributed by atoms with Gasteiger partial charge < -0.3 is 9.88 Å². The Morgan fingerprint density at radius 3 is 2.50 bits per heavy atom. The largest absolute Gasteiger partial charge is 0.352 e. The second kappa shape index (κ2) is 10.0. The number of carbonyl (C=O) groups is 1. The molecule has 0 bridgehead atoms. The Labute approximate surface area is 185 Å². The first kappa shape index (κ1) is 23.6. The maximum Gasteiger partial charge on any atom is 0.242 e. The van der Waals surface area contributed by atoms with Crippen molar-refractivity contribution in [2.45, 2.75) is 31.2 Å². The molecule has 3 rings (SSSR count). The number of hydrogen-bond donors (Lipinski definition) is 1. The minimum atomic E-state index is -3.75. The highest BCUT2D eigenvalue weighted by atomic mass is 32.2. The van der Waals surface area contributed by atoms with Gasteiger partial charge in [-0.05, 0) is 55.3 Å². The molecule has 1 heterocycles. The summed E-state index contributed by atoms with van der Waals surface area (Å²) in [6.45, 7) is 2.05. The number of aromatic nitrogens is 2. The molecule has 0 fully saturated rings. The lowest BCUT2D eigenvalue weighted by atomic mass is 10.2. The van der Waals surface area contributed by atoms with E-state index in [-0.39, 0.29) is 30.3 Å². The van der Waals surface area contributed by atoms with E-state index in [1.807, 2.05) is 0 Å². The van der Waals surface area contributed by atoms with Crippen molar-refractivity contribution in [1.29, 1.82) is 0 Å². The number of hydrogen-bond acceptors (Lipinski definition) is 4. The number of benzene rings is 2. The first-order valence-electron chi connectivity index (χ1n) is 9.96. The molecule has 0 radical (unpaired) electrons. The molecule has 1 aromatic heterocycles. The summed E-state index contributed by atoms with van der Waals surface area (Å²) >= 11 is 0. The number of aryl methyl sites for hydroxylation is 1. The molecule has 0 aliphatic rings. The van der Waals surface area contributed by atoms with E-state index >= 15 is 0 Å². The zero-order valence-corrected chi connectivity index (χ0v) is 18.6. The monoisotopic (exact) mass is 462 g/mol. The summed E-state index contributed by atoms with van der Waals surface area (Å²) in [5.41, 5.74) is 0.980. The van der Waals surface area contributed by atoms with Crippen LogP contribution in [0.15, 0.2) is 59.8 Å². The summed E-state index contributed by atoms with van der Waals surface area (Å²) in [6.07, 6.45) is 3.67. The first-order valence-corrected chi connectivity index (χ1v) is 11.4. The van der Waals surface area contributed by atoms with Crippen molar-refractivity contribution in [3.8, 4) is 5.69 Å². The van der Waals surface area contributed by atoms with Gasteiger partial charge >= 0.3 is 0 Å². The van der Waals surface area contributed by atoms with E-state index in [1.165, 1.54) is 25.2 Å². The fraction of sp³-hybridized carbons (Fsp3) is 0.273. The molecule has 32 heavy (non-hydrogen) atoms. The van der Waals surface area contributed by atoms with Gasteiger partial charge in [0, 0.05) is 39.0 Å². The van der Waals surface area contributed by atoms with E-state index in [0.29, 0.717) is 23.5 Å². The number of amides is 1. The molecule has 0 atom stereocenters. The van der Waals surface area contributed by atoms with Crippen LogP contribution in [0.2, 0.25) is 0 Å². The highest BCUT2D eigenvalue weighted by Gasteiger charge is 2.20. The van der Waals surface area contributed by atoms with Crippen LogP contribution >= 0.6 is 0 Å². The topological polar surface area (TPSA) is 84.3 Å². The van der Waals surface area contributed by atoms with Gasteiger partial charge in [0.15, 0.2) is 0 Å². The predicted octanol–water partition coefficient (Wildman–Crippen LogP) is 3.18. The third-order valence-electron chi connectivity index (χ3n) is 4.99. The van der Waals surface area contributed by atoms with E-state index in [4.69, 9.17) is 0 Å². The van der Waals surface area contributed by atoms with Gasteiger partial charge in [0.2, 0.25) is 15.9 Å². The Morgan fingerprint density at radius 1 is 1.16 bits per heavy atom. The van der Waals surface area contributed by atoms with Crippen molar-refractivity contribution in [1.82, 2.24) is 19.2 Å². The predicted molar refractivity (Wildman–Crippen MR) is 116 cm³/mol. The number of nitrogens with one attached hydrogen (secondary N) is 1. The fourth-order valence-corrected chi connectivity index (χ4v) is 4.36. The maximum atomic E-state index is 14.4. The Morgan fingerprint density at radius 2 is 1.88 bits per heavy atom. The van der Waals surface area contributed by atoms with Gasteiger partial charge in [0.1, 0.15) is 17.5 Å². The lowest BCUT2D eigenvalue weighted by molar-refractivity contribution is -0.121. The minimum absolute atomic E-state index is 0.0118. The highest BCUT2D eigenvalue weighted by molar-refractivity contribution is 7.89. The molecular formula is C22H24F2N4O3S. The van der Waals surface area contributed by atoms with Gasteiger partial charge in [0.25, 0.3) is 0 Å². The van der Waals surface area contributed by atoms with E-state index in [1.54, 1.807) is 36.0 Å². The number of nitrogens with zero attached hydrogens (tertiary/aromatic N) is 3. The Hall–Kier alpha value is -3.11. The summed E-state index contributed by atoms with van der Waals surface area (Å²) in [4.78, 5) is 16.2. The molecule has 0 aliphatic carbocycles. The second-order valence-electron chi connectivity index (χ2n) is 7.29. The van der Waals surface area contributed by atoms with Gasteiger partial charge in [-0.2, -0.15) is 0 Å². The number of carbonyl (C=O) groups excluding carboxylic acids is 1. The Bertz CT molecular complexity index is 1190. The van der Waals surface area contributed by atoms with Gasteiger partial charge in [0.05, 0.1) is 10.6 Å². The van der Waals surface area contributed by atoms with Gasteiger partial charge in [-0.25, -0.2) is 26.5 Å². The van der Waals surface area contributed by atoms with Crippen LogP contribution in [0.3, 0.4) is 0 Å². The average Bonchev–Trinajstić information content (AvgIpc) is 3.18. The van der Waals surface area contributed by atoms with Crippen molar-refractivity contribution in [3.05, 3.63) is 77.9 Å². The molecule has 0 unspecified atom stereocenters. The zero-order valence-electron chi connectivity index (χ0n) is 17.8. The van der Waals surface area contributed by atoms with Crippen LogP contribution in [0.5, 0.6) is 0 Å². The van der Waals surface area contributed by atoms with Crippen molar-refractivity contribution in [3.63, 3.8) is 0 Å². The molecule has 0 saturated heterocycles. The molecule has 10 heteroatoms. The molecule has 170 valence electrons. The van der Waals surface area contributed by atoms with Gasteiger partial charge in [-0.15, -0.1) is 0 Å². The smallest absolute Gasteiger partial charge is 0.242 e. The van der Waals surface area contributed by atoms with Crippen LogP contribution in [0.1, 0.15) is 24.2 Å². The number of sulfonamides is 1. The van der Waals surface area contributed by atoms with Crippen molar-refractivity contribution >= 4 is 15.9 Å². The van der Waals surface area contributed by atoms with E-state index < -0.39 is 21.7 Å². The van der Waals surface area contributed by atoms with E-state index in [0.717, 1.165) is 16.4 Å². The summed E-state index contributed by atoms with van der Waals surface area (Å²) in [5, 5.41) is 2.71. The quantitative estimate of drug-likeness (QED) is 0.529. The maximum absolute atomic E-state index is 14.4. The van der Waals surface area contributed by atoms with Crippen molar-refractivity contribution < 1.29 is 22.0 Å². The minimum Gasteiger partial charge on any atom is -0.352 e. The first-order chi connectivity index (χ1) is 15.2. The molecule has 7 nitrogen and oxygen atoms in total. The normalized spacial score (nSPS) is 11.7. The number of halogens is 2. The number of rotatable bonds is 9. The number of imidazole rings is 1. The van der Waals surface area contributed by atoms with E-state index in [9.17, 15) is 22.0 Å². The summed E-state index contributed by atoms with van der Waals surface area (Å²) in [6, 6.07) is 9.28. The molecule has 0 aliphatic heterocycles. The Balaban J connectivity index is 1.48. The highest BCUT2D eigenvalue weighted by Crippen LogP contribution is 2.17. The van der Waals surface area contributed by atoms with Crippen LogP contribution < -0.4 is 5.32 Å². The third-order valence-corrected chi connectivity index (χ3v) is 6.86. The van der Waals surface area contributed by atoms with E-state index in [2.05, 4.69) is 10.3 Å². The summed E-state index contributed by atoms with van der Waals surface area (Å²) < 4.78 is 55.1. The Kier molecular flexibility index (Phi) is 7.37. The van der Waals surface area contributed by atoms with Crippen LogP contribution in [0.25, 0.3) is 5.69 Å². The van der Waals surface area contributed by atoms with Crippen LogP contribution in [0.4, 0.5) is 8.78 Å². The van der Waals surface area contributed by atoms with Gasteiger partial charge in [-0.1, -0.05) is 6.07 Å². The average molecular weight is 463 g/mol. The van der Waals surface area contributed by atoms with Crippen LogP contribution in [-0.4, -0.2) is 41.8 Å². The molecule has 0 spiro atoms. The lowest BCUT2D eigenvalue weighted by Crippen LogP contribution is -2.29. The van der Waals surface area contributed by atoms with Crippen LogP contribution in [0, 0.1) is 18.6 Å². The molecule has 1 N–H and O–H groups in total. The molecular weight excluding hydrogens is 438 g/mol. The third kappa shape index (κ3) is 5.57. The standard InChI is InChI=1S/C22H24F2N4O3S/c1-16-25-11-13-28(16)21-10-5-17(14-20(21)24)15-26-22(29)4-3-12-27(2)32(30,31)19-8-6-18(23)7-9-19/h5-11,13-14H,3-4,12,15H2,1-2H3,(H,26,29). The fourth-order valence-electron chi connectivity index (χ4n) is 3.15. The molecule has 3 aromatic rings. The molecule has 2 aromatic carbocycles. The van der Waals surface area contributed by atoms with Crippen LogP contribution in [-0.2, 0) is 21.4 Å². The summed E-state index contributed by atoms with van der Waals surface area (Å²) in [5.74, 6) is -0.552. The van der Waals surface area contributed by atoms with Crippen molar-refractivity contribution in [2.24, 2.45) is 0 Å². The molecule has 0 saturated carbocycles.